The molecule has 2 rings (SSSR count). The molecule has 0 aromatic heterocycles. The minimum Gasteiger partial charge on any atom is -0.316 e. The van der Waals surface area contributed by atoms with Crippen molar-refractivity contribution < 1.29 is 8.42 Å². The van der Waals surface area contributed by atoms with Gasteiger partial charge in [0, 0.05) is 19.1 Å². The molecule has 1 aliphatic carbocycles. The number of sulfonamides is 1. The molecule has 1 saturated carbocycles. The summed E-state index contributed by atoms with van der Waals surface area (Å²) in [4.78, 5) is 0. The van der Waals surface area contributed by atoms with Crippen LogP contribution in [0.5, 0.6) is 0 Å². The second-order valence-electron chi connectivity index (χ2n) is 6.36. The number of nitrogens with zero attached hydrogens (tertiary/aromatic N) is 1. The van der Waals surface area contributed by atoms with Crippen LogP contribution in [-0.2, 0) is 10.0 Å². The van der Waals surface area contributed by atoms with Gasteiger partial charge < -0.3 is 5.32 Å². The highest BCUT2D eigenvalue weighted by Crippen LogP contribution is 2.50. The summed E-state index contributed by atoms with van der Waals surface area (Å²) in [5, 5.41) is 3.44. The zero-order valence-electron chi connectivity index (χ0n) is 11.8. The van der Waals surface area contributed by atoms with Crippen LogP contribution in [0.4, 0.5) is 0 Å². The summed E-state index contributed by atoms with van der Waals surface area (Å²) in [5.74, 6) is 0.517. The Labute approximate surface area is 111 Å². The lowest BCUT2D eigenvalue weighted by atomic mass is 9.86. The maximum atomic E-state index is 11.6. The maximum absolute atomic E-state index is 11.6. The van der Waals surface area contributed by atoms with E-state index in [1.54, 1.807) is 4.31 Å². The molecule has 5 heteroatoms. The summed E-state index contributed by atoms with van der Waals surface area (Å²) in [6.07, 6.45) is 7.22. The Morgan fingerprint density at radius 2 is 2.11 bits per heavy atom. The third-order valence-corrected chi connectivity index (χ3v) is 6.02. The predicted molar refractivity (Wildman–Crippen MR) is 73.9 cm³/mol. The van der Waals surface area contributed by atoms with Gasteiger partial charge in [-0.3, -0.25) is 0 Å². The maximum Gasteiger partial charge on any atom is 0.211 e. The van der Waals surface area contributed by atoms with Crippen molar-refractivity contribution >= 4 is 10.0 Å². The van der Waals surface area contributed by atoms with E-state index in [0.29, 0.717) is 30.5 Å². The average molecular weight is 274 g/mol. The van der Waals surface area contributed by atoms with Gasteiger partial charge in [0.25, 0.3) is 0 Å². The van der Waals surface area contributed by atoms with Gasteiger partial charge in [0.2, 0.25) is 10.0 Å². The standard InChI is InChI=1S/C13H26N2O2S/c1-13(6-7-13)12(14-2)9-11-5-4-8-15(10-11)18(3,16)17/h11-12,14H,4-10H2,1-3H3. The molecule has 2 atom stereocenters. The summed E-state index contributed by atoms with van der Waals surface area (Å²) < 4.78 is 24.9. The molecule has 0 amide bonds. The highest BCUT2D eigenvalue weighted by molar-refractivity contribution is 7.88. The van der Waals surface area contributed by atoms with Crippen LogP contribution in [0.2, 0.25) is 0 Å². The van der Waals surface area contributed by atoms with Crippen molar-refractivity contribution in [3.63, 3.8) is 0 Å². The Morgan fingerprint density at radius 1 is 1.44 bits per heavy atom. The monoisotopic (exact) mass is 274 g/mol. The number of nitrogens with one attached hydrogen (secondary N) is 1. The SMILES string of the molecule is CNC(CC1CCCN(S(C)(=O)=O)C1)C1(C)CC1. The van der Waals surface area contributed by atoms with E-state index in [9.17, 15) is 8.42 Å². The van der Waals surface area contributed by atoms with E-state index in [0.717, 1.165) is 12.8 Å². The predicted octanol–water partition coefficient (Wildman–Crippen LogP) is 1.44. The first kappa shape index (κ1) is 14.3. The molecule has 1 heterocycles. The lowest BCUT2D eigenvalue weighted by Gasteiger charge is -2.34. The number of hydrogen-bond acceptors (Lipinski definition) is 3. The lowest BCUT2D eigenvalue weighted by molar-refractivity contribution is 0.216. The molecule has 2 fully saturated rings. The molecular formula is C13H26N2O2S. The summed E-state index contributed by atoms with van der Waals surface area (Å²) in [5.41, 5.74) is 0.460. The fourth-order valence-corrected chi connectivity index (χ4v) is 4.09. The molecule has 0 radical (unpaired) electrons. The van der Waals surface area contributed by atoms with Gasteiger partial charge in [-0.05, 0) is 50.5 Å². The summed E-state index contributed by atoms with van der Waals surface area (Å²) >= 11 is 0. The molecule has 18 heavy (non-hydrogen) atoms. The van der Waals surface area contributed by atoms with Crippen LogP contribution in [0.3, 0.4) is 0 Å². The fourth-order valence-electron chi connectivity index (χ4n) is 3.15. The highest BCUT2D eigenvalue weighted by Gasteiger charge is 2.45. The topological polar surface area (TPSA) is 49.4 Å². The van der Waals surface area contributed by atoms with Crippen molar-refractivity contribution in [1.82, 2.24) is 9.62 Å². The molecule has 1 N–H and O–H groups in total. The van der Waals surface area contributed by atoms with Gasteiger partial charge in [-0.15, -0.1) is 0 Å². The molecule has 0 bridgehead atoms. The van der Waals surface area contributed by atoms with E-state index in [4.69, 9.17) is 0 Å². The minimum atomic E-state index is -3.01. The van der Waals surface area contributed by atoms with Crippen molar-refractivity contribution in [1.29, 1.82) is 0 Å². The Balaban J connectivity index is 1.93. The minimum absolute atomic E-state index is 0.460. The molecule has 1 saturated heterocycles. The van der Waals surface area contributed by atoms with Crippen molar-refractivity contribution in [2.75, 3.05) is 26.4 Å². The zero-order chi connectivity index (χ0) is 13.4. The number of piperidine rings is 1. The first-order valence-corrected chi connectivity index (χ1v) is 8.82. The molecule has 4 nitrogen and oxygen atoms in total. The van der Waals surface area contributed by atoms with Crippen LogP contribution >= 0.6 is 0 Å². The quantitative estimate of drug-likeness (QED) is 0.825. The Morgan fingerprint density at radius 3 is 2.61 bits per heavy atom. The van der Waals surface area contributed by atoms with Crippen LogP contribution in [-0.4, -0.2) is 45.2 Å². The van der Waals surface area contributed by atoms with Gasteiger partial charge >= 0.3 is 0 Å². The summed E-state index contributed by atoms with van der Waals surface area (Å²) in [6, 6.07) is 0.544. The van der Waals surface area contributed by atoms with Crippen LogP contribution < -0.4 is 5.32 Å². The second-order valence-corrected chi connectivity index (χ2v) is 8.34. The van der Waals surface area contributed by atoms with Crippen molar-refractivity contribution in [3.8, 4) is 0 Å². The second kappa shape index (κ2) is 5.10. The fraction of sp³-hybridized carbons (Fsp3) is 1.00. The third-order valence-electron chi connectivity index (χ3n) is 4.75. The molecular weight excluding hydrogens is 248 g/mol. The van der Waals surface area contributed by atoms with Gasteiger partial charge in [-0.2, -0.15) is 0 Å². The number of hydrogen-bond donors (Lipinski definition) is 1. The smallest absolute Gasteiger partial charge is 0.211 e. The van der Waals surface area contributed by atoms with Gasteiger partial charge in [-0.1, -0.05) is 6.92 Å². The van der Waals surface area contributed by atoms with E-state index in [-0.39, 0.29) is 0 Å². The first-order chi connectivity index (χ1) is 8.35. The molecule has 2 aliphatic rings. The Hall–Kier alpha value is -0.130. The number of rotatable bonds is 5. The summed E-state index contributed by atoms with van der Waals surface area (Å²) in [6.45, 7) is 3.76. The Bertz CT molecular complexity index is 390. The van der Waals surface area contributed by atoms with Gasteiger partial charge in [0.15, 0.2) is 0 Å². The van der Waals surface area contributed by atoms with E-state index < -0.39 is 10.0 Å². The molecule has 1 aliphatic heterocycles. The van der Waals surface area contributed by atoms with Crippen LogP contribution in [0, 0.1) is 11.3 Å². The molecule has 106 valence electrons. The highest BCUT2D eigenvalue weighted by atomic mass is 32.2. The van der Waals surface area contributed by atoms with Crippen LogP contribution in [0.25, 0.3) is 0 Å². The molecule has 0 aromatic carbocycles. The van der Waals surface area contributed by atoms with E-state index in [2.05, 4.69) is 12.2 Å². The molecule has 0 spiro atoms. The van der Waals surface area contributed by atoms with Crippen molar-refractivity contribution in [3.05, 3.63) is 0 Å². The normalized spacial score (nSPS) is 30.1. The van der Waals surface area contributed by atoms with E-state index in [1.807, 2.05) is 7.05 Å². The third kappa shape index (κ3) is 3.25. The first-order valence-electron chi connectivity index (χ1n) is 6.97. The summed E-state index contributed by atoms with van der Waals surface area (Å²) in [7, 11) is -0.975. The van der Waals surface area contributed by atoms with E-state index in [1.165, 1.54) is 25.5 Å². The lowest BCUT2D eigenvalue weighted by Crippen LogP contribution is -2.43. The Kier molecular flexibility index (Phi) is 4.04. The largest absolute Gasteiger partial charge is 0.316 e. The van der Waals surface area contributed by atoms with Crippen LogP contribution in [0.15, 0.2) is 0 Å². The van der Waals surface area contributed by atoms with E-state index >= 15 is 0 Å². The zero-order valence-corrected chi connectivity index (χ0v) is 12.6. The van der Waals surface area contributed by atoms with Crippen molar-refractivity contribution in [2.24, 2.45) is 11.3 Å². The van der Waals surface area contributed by atoms with Gasteiger partial charge in [0.1, 0.15) is 0 Å². The van der Waals surface area contributed by atoms with Crippen molar-refractivity contribution in [2.45, 2.75) is 45.1 Å². The van der Waals surface area contributed by atoms with Gasteiger partial charge in [-0.25, -0.2) is 12.7 Å². The van der Waals surface area contributed by atoms with Gasteiger partial charge in [0.05, 0.1) is 6.26 Å². The molecule has 0 aromatic rings. The average Bonchev–Trinajstić information content (AvgIpc) is 3.04. The van der Waals surface area contributed by atoms with Crippen LogP contribution in [0.1, 0.15) is 39.0 Å². The molecule has 2 unspecified atom stereocenters.